The van der Waals surface area contributed by atoms with Crippen molar-refractivity contribution in [2.45, 2.75) is 58.6 Å². The second-order valence-electron chi connectivity index (χ2n) is 5.72. The molecule has 0 unspecified atom stereocenters. The maximum absolute atomic E-state index is 5.53. The molecule has 1 aromatic rings. The Balaban J connectivity index is 1.82. The summed E-state index contributed by atoms with van der Waals surface area (Å²) in [4.78, 5) is 0. The minimum atomic E-state index is 0.242. The summed E-state index contributed by atoms with van der Waals surface area (Å²) < 4.78 is 10.7. The molecule has 0 aliphatic carbocycles. The molecule has 1 aromatic heterocycles. The van der Waals surface area contributed by atoms with Crippen molar-refractivity contribution in [3.8, 4) is 0 Å². The second-order valence-corrected chi connectivity index (χ2v) is 5.72. The Morgan fingerprint density at radius 1 is 1.17 bits per heavy atom. The van der Waals surface area contributed by atoms with Gasteiger partial charge in [-0.15, -0.1) is 0 Å². The third-order valence-electron chi connectivity index (χ3n) is 2.70. The van der Waals surface area contributed by atoms with E-state index in [0.29, 0.717) is 6.61 Å². The minimum Gasteiger partial charge on any atom is -0.467 e. The van der Waals surface area contributed by atoms with Crippen LogP contribution in [0.5, 0.6) is 0 Å². The van der Waals surface area contributed by atoms with Crippen molar-refractivity contribution in [2.24, 2.45) is 0 Å². The van der Waals surface area contributed by atoms with Crippen LogP contribution in [0.1, 0.15) is 52.2 Å². The smallest absolute Gasteiger partial charge is 0.129 e. The van der Waals surface area contributed by atoms with Gasteiger partial charge in [-0.1, -0.05) is 12.8 Å². The Bertz CT molecular complexity index is 288. The summed E-state index contributed by atoms with van der Waals surface area (Å²) in [6, 6.07) is 3.83. The standard InChI is InChI=1S/C15H27NO2/c1-15(2,3)16-10-6-4-5-7-11-17-13-14-9-8-12-18-14/h8-9,12,16H,4-7,10-11,13H2,1-3H3. The third kappa shape index (κ3) is 8.31. The predicted molar refractivity (Wildman–Crippen MR) is 74.6 cm³/mol. The number of nitrogens with one attached hydrogen (secondary N) is 1. The predicted octanol–water partition coefficient (Wildman–Crippen LogP) is 3.74. The lowest BCUT2D eigenvalue weighted by atomic mass is 10.1. The summed E-state index contributed by atoms with van der Waals surface area (Å²) in [5, 5.41) is 3.50. The van der Waals surface area contributed by atoms with Gasteiger partial charge in [0.25, 0.3) is 0 Å². The summed E-state index contributed by atoms with van der Waals surface area (Å²) in [5.74, 6) is 0.907. The lowest BCUT2D eigenvalue weighted by Crippen LogP contribution is -2.36. The largest absolute Gasteiger partial charge is 0.467 e. The van der Waals surface area contributed by atoms with E-state index in [4.69, 9.17) is 9.15 Å². The summed E-state index contributed by atoms with van der Waals surface area (Å²) in [7, 11) is 0. The van der Waals surface area contributed by atoms with Crippen molar-refractivity contribution >= 4 is 0 Å². The molecular formula is C15H27NO2. The first-order valence-corrected chi connectivity index (χ1v) is 6.93. The van der Waals surface area contributed by atoms with Crippen molar-refractivity contribution in [3.63, 3.8) is 0 Å². The molecule has 3 nitrogen and oxygen atoms in total. The Morgan fingerprint density at radius 3 is 2.61 bits per heavy atom. The van der Waals surface area contributed by atoms with Crippen LogP contribution in [0.2, 0.25) is 0 Å². The quantitative estimate of drug-likeness (QED) is 0.681. The van der Waals surface area contributed by atoms with Gasteiger partial charge in [-0.25, -0.2) is 0 Å². The highest BCUT2D eigenvalue weighted by molar-refractivity contribution is 4.95. The lowest BCUT2D eigenvalue weighted by Gasteiger charge is -2.20. The molecule has 0 amide bonds. The Kier molecular flexibility index (Phi) is 7.06. The number of hydrogen-bond acceptors (Lipinski definition) is 3. The van der Waals surface area contributed by atoms with E-state index in [1.165, 1.54) is 19.3 Å². The maximum atomic E-state index is 5.53. The average molecular weight is 253 g/mol. The molecule has 1 rings (SSSR count). The molecule has 0 fully saturated rings. The van der Waals surface area contributed by atoms with Crippen LogP contribution in [-0.4, -0.2) is 18.7 Å². The molecule has 0 aromatic carbocycles. The van der Waals surface area contributed by atoms with Gasteiger partial charge in [-0.05, 0) is 52.3 Å². The number of unbranched alkanes of at least 4 members (excludes halogenated alkanes) is 3. The molecule has 1 N–H and O–H groups in total. The van der Waals surface area contributed by atoms with Crippen LogP contribution >= 0.6 is 0 Å². The molecule has 0 aliphatic heterocycles. The molecule has 1 heterocycles. The fraction of sp³-hybridized carbons (Fsp3) is 0.733. The summed E-state index contributed by atoms with van der Waals surface area (Å²) >= 11 is 0. The molecule has 0 aliphatic rings. The lowest BCUT2D eigenvalue weighted by molar-refractivity contribution is 0.102. The highest BCUT2D eigenvalue weighted by atomic mass is 16.5. The zero-order valence-electron chi connectivity index (χ0n) is 12.0. The van der Waals surface area contributed by atoms with Crippen molar-refractivity contribution in [3.05, 3.63) is 24.2 Å². The van der Waals surface area contributed by atoms with E-state index in [0.717, 1.165) is 25.3 Å². The van der Waals surface area contributed by atoms with Crippen molar-refractivity contribution in [1.82, 2.24) is 5.32 Å². The third-order valence-corrected chi connectivity index (χ3v) is 2.70. The van der Waals surface area contributed by atoms with E-state index in [1.807, 2.05) is 12.1 Å². The van der Waals surface area contributed by atoms with Crippen molar-refractivity contribution in [2.75, 3.05) is 13.2 Å². The molecule has 3 heteroatoms. The van der Waals surface area contributed by atoms with E-state index >= 15 is 0 Å². The molecule has 0 saturated heterocycles. The van der Waals surface area contributed by atoms with Crippen LogP contribution in [-0.2, 0) is 11.3 Å². The topological polar surface area (TPSA) is 34.4 Å². The normalized spacial score (nSPS) is 11.9. The molecular weight excluding hydrogens is 226 g/mol. The molecule has 0 bridgehead atoms. The first kappa shape index (κ1) is 15.3. The molecule has 0 spiro atoms. The fourth-order valence-corrected chi connectivity index (χ4v) is 1.71. The first-order chi connectivity index (χ1) is 8.58. The molecule has 0 saturated carbocycles. The highest BCUT2D eigenvalue weighted by Crippen LogP contribution is 2.05. The first-order valence-electron chi connectivity index (χ1n) is 6.93. The number of ether oxygens (including phenoxy) is 1. The van der Waals surface area contributed by atoms with Gasteiger partial charge < -0.3 is 14.5 Å². The zero-order valence-corrected chi connectivity index (χ0v) is 12.0. The van der Waals surface area contributed by atoms with Crippen LogP contribution in [0.25, 0.3) is 0 Å². The van der Waals surface area contributed by atoms with Crippen molar-refractivity contribution < 1.29 is 9.15 Å². The van der Waals surface area contributed by atoms with Crippen LogP contribution in [0, 0.1) is 0 Å². The van der Waals surface area contributed by atoms with Gasteiger partial charge in [-0.2, -0.15) is 0 Å². The Hall–Kier alpha value is -0.800. The van der Waals surface area contributed by atoms with E-state index in [-0.39, 0.29) is 5.54 Å². The summed E-state index contributed by atoms with van der Waals surface area (Å²) in [5.41, 5.74) is 0.242. The van der Waals surface area contributed by atoms with Gasteiger partial charge in [0.05, 0.1) is 6.26 Å². The highest BCUT2D eigenvalue weighted by Gasteiger charge is 2.06. The van der Waals surface area contributed by atoms with Crippen LogP contribution in [0.3, 0.4) is 0 Å². The van der Waals surface area contributed by atoms with E-state index in [9.17, 15) is 0 Å². The maximum Gasteiger partial charge on any atom is 0.129 e. The van der Waals surface area contributed by atoms with E-state index in [2.05, 4.69) is 26.1 Å². The number of hydrogen-bond donors (Lipinski definition) is 1. The van der Waals surface area contributed by atoms with Crippen molar-refractivity contribution in [1.29, 1.82) is 0 Å². The van der Waals surface area contributed by atoms with Gasteiger partial charge in [0.2, 0.25) is 0 Å². The Morgan fingerprint density at radius 2 is 1.94 bits per heavy atom. The van der Waals surface area contributed by atoms with Gasteiger partial charge in [0, 0.05) is 12.1 Å². The van der Waals surface area contributed by atoms with E-state index in [1.54, 1.807) is 6.26 Å². The SMILES string of the molecule is CC(C)(C)NCCCCCCOCc1ccco1. The van der Waals surface area contributed by atoms with E-state index < -0.39 is 0 Å². The van der Waals surface area contributed by atoms with Gasteiger partial charge in [-0.3, -0.25) is 0 Å². The van der Waals surface area contributed by atoms with Crippen LogP contribution in [0.4, 0.5) is 0 Å². The van der Waals surface area contributed by atoms with Crippen LogP contribution in [0.15, 0.2) is 22.8 Å². The van der Waals surface area contributed by atoms with Crippen LogP contribution < -0.4 is 5.32 Å². The monoisotopic (exact) mass is 253 g/mol. The zero-order chi connectivity index (χ0) is 13.3. The summed E-state index contributed by atoms with van der Waals surface area (Å²) in [6.45, 7) is 9.14. The molecule has 104 valence electrons. The number of rotatable bonds is 9. The molecule has 0 atom stereocenters. The van der Waals surface area contributed by atoms with Gasteiger partial charge in [0.15, 0.2) is 0 Å². The van der Waals surface area contributed by atoms with Gasteiger partial charge in [0.1, 0.15) is 12.4 Å². The average Bonchev–Trinajstić information content (AvgIpc) is 2.78. The second kappa shape index (κ2) is 8.33. The number of furan rings is 1. The summed E-state index contributed by atoms with van der Waals surface area (Å²) in [6.07, 6.45) is 6.57. The Labute approximate surface area is 111 Å². The molecule has 0 radical (unpaired) electrons. The molecule has 18 heavy (non-hydrogen) atoms. The fourth-order valence-electron chi connectivity index (χ4n) is 1.71. The van der Waals surface area contributed by atoms with Gasteiger partial charge >= 0.3 is 0 Å². The minimum absolute atomic E-state index is 0.242.